The average Bonchev–Trinajstić information content (AvgIpc) is 2.75. The number of hydrogen-bond acceptors (Lipinski definition) is 8. The minimum absolute atomic E-state index is 0.160. The zero-order valence-corrected chi connectivity index (χ0v) is 16.6. The van der Waals surface area contributed by atoms with Crippen LogP contribution < -0.4 is 10.6 Å². The van der Waals surface area contributed by atoms with Gasteiger partial charge < -0.3 is 40.5 Å². The zero-order valence-electron chi connectivity index (χ0n) is 16.6. The maximum Gasteiger partial charge on any atom is 0.407 e. The molecule has 0 unspecified atom stereocenters. The summed E-state index contributed by atoms with van der Waals surface area (Å²) >= 11 is 0. The van der Waals surface area contributed by atoms with E-state index in [4.69, 9.17) is 14.6 Å². The van der Waals surface area contributed by atoms with Crippen LogP contribution in [0.1, 0.15) is 31.2 Å². The number of carbonyl (C=O) groups is 2. The van der Waals surface area contributed by atoms with Crippen LogP contribution in [-0.2, 0) is 20.9 Å². The number of carbonyl (C=O) groups excluding carboxylic acids is 2. The lowest BCUT2D eigenvalue weighted by Gasteiger charge is -2.40. The molecule has 10 nitrogen and oxygen atoms in total. The number of hydrogen-bond donors (Lipinski definition) is 6. The monoisotopic (exact) mass is 426 g/mol. The topological polar surface area (TPSA) is 158 Å². The largest absolute Gasteiger partial charge is 0.445 e. The Morgan fingerprint density at radius 3 is 2.43 bits per heavy atom. The van der Waals surface area contributed by atoms with Crippen LogP contribution in [0.3, 0.4) is 0 Å². The maximum atomic E-state index is 12.0. The highest BCUT2D eigenvalue weighted by Gasteiger charge is 2.43. The summed E-state index contributed by atoms with van der Waals surface area (Å²) in [5.41, 5.74) is 0.901. The molecule has 6 N–H and O–H groups in total. The molecule has 0 saturated carbocycles. The third-order valence-corrected chi connectivity index (χ3v) is 4.76. The van der Waals surface area contributed by atoms with Crippen molar-refractivity contribution in [3.05, 3.63) is 35.9 Å². The average molecular weight is 426 g/mol. The number of ether oxygens (including phenoxy) is 2. The van der Waals surface area contributed by atoms with Gasteiger partial charge in [0.2, 0.25) is 5.91 Å². The number of aliphatic hydroxyl groups excluding tert-OH is 4. The molecular formula is C20H30N2O8. The van der Waals surface area contributed by atoms with Crippen molar-refractivity contribution >= 4 is 12.0 Å². The minimum Gasteiger partial charge on any atom is -0.445 e. The first-order chi connectivity index (χ1) is 14.4. The molecule has 1 aliphatic rings. The van der Waals surface area contributed by atoms with E-state index < -0.39 is 49.3 Å². The Kier molecular flexibility index (Phi) is 9.98. The first kappa shape index (κ1) is 24.0. The molecule has 1 aromatic rings. The van der Waals surface area contributed by atoms with Gasteiger partial charge in [-0.05, 0) is 18.4 Å². The Hall–Kier alpha value is -2.24. The van der Waals surface area contributed by atoms with E-state index in [0.29, 0.717) is 25.8 Å². The van der Waals surface area contributed by atoms with Crippen LogP contribution in [0.4, 0.5) is 4.79 Å². The lowest BCUT2D eigenvalue weighted by Crippen LogP contribution is -2.63. The quantitative estimate of drug-likeness (QED) is 0.271. The predicted octanol–water partition coefficient (Wildman–Crippen LogP) is -0.611. The molecule has 0 aliphatic carbocycles. The number of amides is 2. The lowest BCUT2D eigenvalue weighted by atomic mass is 9.98. The van der Waals surface area contributed by atoms with E-state index in [-0.39, 0.29) is 13.0 Å². The molecule has 1 aliphatic heterocycles. The van der Waals surface area contributed by atoms with Crippen molar-refractivity contribution in [3.63, 3.8) is 0 Å². The lowest BCUT2D eigenvalue weighted by molar-refractivity contribution is -0.236. The molecule has 1 saturated heterocycles. The number of nitrogens with one attached hydrogen (secondary N) is 2. The molecule has 1 heterocycles. The van der Waals surface area contributed by atoms with Gasteiger partial charge in [-0.15, -0.1) is 0 Å². The highest BCUT2D eigenvalue weighted by molar-refractivity contribution is 5.76. The first-order valence-corrected chi connectivity index (χ1v) is 9.96. The van der Waals surface area contributed by atoms with Crippen molar-refractivity contribution < 1.29 is 39.5 Å². The molecule has 2 rings (SSSR count). The van der Waals surface area contributed by atoms with E-state index in [2.05, 4.69) is 10.6 Å². The van der Waals surface area contributed by atoms with Crippen molar-refractivity contribution in [2.45, 2.75) is 62.9 Å². The third kappa shape index (κ3) is 7.54. The van der Waals surface area contributed by atoms with Crippen molar-refractivity contribution in [2.24, 2.45) is 0 Å². The van der Waals surface area contributed by atoms with Gasteiger partial charge in [-0.3, -0.25) is 4.79 Å². The number of benzene rings is 1. The summed E-state index contributed by atoms with van der Waals surface area (Å²) in [5, 5.41) is 43.6. The van der Waals surface area contributed by atoms with E-state index in [0.717, 1.165) is 5.56 Å². The molecule has 30 heavy (non-hydrogen) atoms. The van der Waals surface area contributed by atoms with Gasteiger partial charge in [-0.2, -0.15) is 0 Å². The van der Waals surface area contributed by atoms with E-state index in [1.54, 1.807) is 0 Å². The number of unbranched alkanes of at least 4 members (excludes halogenated alkanes) is 2. The van der Waals surface area contributed by atoms with Gasteiger partial charge in [0.25, 0.3) is 0 Å². The zero-order chi connectivity index (χ0) is 21.9. The summed E-state index contributed by atoms with van der Waals surface area (Å²) < 4.78 is 10.3. The van der Waals surface area contributed by atoms with Crippen LogP contribution in [0, 0.1) is 0 Å². The maximum absolute atomic E-state index is 12.0. The van der Waals surface area contributed by atoms with E-state index in [9.17, 15) is 24.9 Å². The fourth-order valence-electron chi connectivity index (χ4n) is 3.00. The molecule has 10 heteroatoms. The molecule has 0 aromatic heterocycles. The predicted molar refractivity (Wildman–Crippen MR) is 105 cm³/mol. The molecule has 0 bridgehead atoms. The second kappa shape index (κ2) is 12.5. The van der Waals surface area contributed by atoms with Crippen LogP contribution in [-0.4, -0.2) is 76.2 Å². The minimum atomic E-state index is -1.53. The van der Waals surface area contributed by atoms with Gasteiger partial charge in [0.15, 0.2) is 6.23 Å². The van der Waals surface area contributed by atoms with Crippen molar-refractivity contribution in [1.29, 1.82) is 0 Å². The molecule has 1 aromatic carbocycles. The number of alkyl carbamates (subject to hydrolysis) is 1. The second-order valence-electron chi connectivity index (χ2n) is 7.12. The molecule has 1 fully saturated rings. The molecule has 5 atom stereocenters. The summed E-state index contributed by atoms with van der Waals surface area (Å²) in [6, 6.07) is 9.34. The number of rotatable bonds is 10. The summed E-state index contributed by atoms with van der Waals surface area (Å²) in [7, 11) is 0. The van der Waals surface area contributed by atoms with Crippen LogP contribution in [0.25, 0.3) is 0 Å². The molecular weight excluding hydrogens is 396 g/mol. The Morgan fingerprint density at radius 2 is 1.73 bits per heavy atom. The summed E-state index contributed by atoms with van der Waals surface area (Å²) in [6.07, 6.45) is -5.24. The van der Waals surface area contributed by atoms with Gasteiger partial charge in [-0.1, -0.05) is 36.8 Å². The van der Waals surface area contributed by atoms with E-state index in [1.807, 2.05) is 30.3 Å². The summed E-state index contributed by atoms with van der Waals surface area (Å²) in [5.74, 6) is -0.394. The fraction of sp³-hybridized carbons (Fsp3) is 0.600. The number of aliphatic hydroxyl groups is 4. The standard InChI is InChI=1S/C20H30N2O8/c23-11-14-16(25)17(26)18(27)19(30-14)22-15(24)9-5-2-6-10-21-20(28)29-12-13-7-3-1-4-8-13/h1,3-4,7-8,14,16-19,23,25-27H,2,5-6,9-12H2,(H,21,28)(H,22,24)/t14-,16+,17+,18+,19-/m1/s1. The molecule has 0 spiro atoms. The first-order valence-electron chi connectivity index (χ1n) is 9.96. The van der Waals surface area contributed by atoms with Crippen molar-refractivity contribution in [3.8, 4) is 0 Å². The van der Waals surface area contributed by atoms with Crippen LogP contribution in [0.2, 0.25) is 0 Å². The van der Waals surface area contributed by atoms with Gasteiger partial charge >= 0.3 is 6.09 Å². The summed E-state index contributed by atoms with van der Waals surface area (Å²) in [4.78, 5) is 23.6. The molecule has 0 radical (unpaired) electrons. The highest BCUT2D eigenvalue weighted by atomic mass is 16.6. The van der Waals surface area contributed by atoms with Crippen LogP contribution in [0.15, 0.2) is 30.3 Å². The highest BCUT2D eigenvalue weighted by Crippen LogP contribution is 2.19. The van der Waals surface area contributed by atoms with E-state index in [1.165, 1.54) is 0 Å². The molecule has 2 amide bonds. The Bertz CT molecular complexity index is 657. The smallest absolute Gasteiger partial charge is 0.407 e. The van der Waals surface area contributed by atoms with Gasteiger partial charge in [0.1, 0.15) is 31.0 Å². The van der Waals surface area contributed by atoms with Crippen molar-refractivity contribution in [1.82, 2.24) is 10.6 Å². The van der Waals surface area contributed by atoms with E-state index >= 15 is 0 Å². The van der Waals surface area contributed by atoms with Gasteiger partial charge in [0, 0.05) is 13.0 Å². The normalized spacial score (nSPS) is 26.1. The fourth-order valence-corrected chi connectivity index (χ4v) is 3.00. The Balaban J connectivity index is 1.55. The summed E-state index contributed by atoms with van der Waals surface area (Å²) in [6.45, 7) is 0.0604. The van der Waals surface area contributed by atoms with Crippen LogP contribution >= 0.6 is 0 Å². The Morgan fingerprint density at radius 1 is 1.00 bits per heavy atom. The van der Waals surface area contributed by atoms with Gasteiger partial charge in [0.05, 0.1) is 6.61 Å². The van der Waals surface area contributed by atoms with Crippen molar-refractivity contribution in [2.75, 3.05) is 13.2 Å². The second-order valence-corrected chi connectivity index (χ2v) is 7.12. The Labute approximate surface area is 174 Å². The third-order valence-electron chi connectivity index (χ3n) is 4.76. The van der Waals surface area contributed by atoms with Gasteiger partial charge in [-0.25, -0.2) is 4.79 Å². The molecule has 168 valence electrons. The SMILES string of the molecule is O=C(CCCCCNC(=O)OCc1ccccc1)N[C@@H]1O[C@H](CO)[C@H](O)[C@H](O)[C@@H]1O. The van der Waals surface area contributed by atoms with Crippen LogP contribution in [0.5, 0.6) is 0 Å².